The first-order valence-electron chi connectivity index (χ1n) is 7.81. The van der Waals surface area contributed by atoms with Gasteiger partial charge in [-0.2, -0.15) is 0 Å². The van der Waals surface area contributed by atoms with E-state index >= 15 is 0 Å². The molecule has 2 rings (SSSR count). The molecule has 1 heterocycles. The fraction of sp³-hybridized carbons (Fsp3) is 0.500. The first-order chi connectivity index (χ1) is 10.1. The van der Waals surface area contributed by atoms with Gasteiger partial charge in [0.25, 0.3) is 0 Å². The van der Waals surface area contributed by atoms with Crippen molar-refractivity contribution in [2.24, 2.45) is 11.8 Å². The van der Waals surface area contributed by atoms with Gasteiger partial charge in [-0.25, -0.2) is 0 Å². The summed E-state index contributed by atoms with van der Waals surface area (Å²) in [6.45, 7) is 5.16. The van der Waals surface area contributed by atoms with Crippen LogP contribution in [0.15, 0.2) is 36.4 Å². The van der Waals surface area contributed by atoms with Gasteiger partial charge in [-0.05, 0) is 36.8 Å². The molecule has 1 aliphatic rings. The zero-order valence-corrected chi connectivity index (χ0v) is 12.7. The second kappa shape index (κ2) is 7.99. The number of nitrogens with zero attached hydrogens (tertiary/aromatic N) is 1. The number of rotatable bonds is 6. The smallest absolute Gasteiger partial charge is 0.303 e. The molecular weight excluding hydrogens is 262 g/mol. The van der Waals surface area contributed by atoms with Crippen LogP contribution in [0.3, 0.4) is 0 Å². The highest BCUT2D eigenvalue weighted by Crippen LogP contribution is 2.26. The van der Waals surface area contributed by atoms with Crippen molar-refractivity contribution in [1.29, 1.82) is 0 Å². The summed E-state index contributed by atoms with van der Waals surface area (Å²) in [6.07, 6.45) is 6.99. The van der Waals surface area contributed by atoms with Crippen LogP contribution in [0.5, 0.6) is 0 Å². The van der Waals surface area contributed by atoms with E-state index in [-0.39, 0.29) is 5.92 Å². The van der Waals surface area contributed by atoms with Gasteiger partial charge in [0.15, 0.2) is 0 Å². The molecule has 0 bridgehead atoms. The fourth-order valence-electron chi connectivity index (χ4n) is 3.07. The lowest BCUT2D eigenvalue weighted by molar-refractivity contribution is -0.138. The third-order valence-electron chi connectivity index (χ3n) is 4.32. The molecule has 0 spiro atoms. The number of aliphatic carboxylic acids is 1. The summed E-state index contributed by atoms with van der Waals surface area (Å²) in [5, 5.41) is 8.92. The Morgan fingerprint density at radius 1 is 1.43 bits per heavy atom. The molecule has 0 saturated carbocycles. The third kappa shape index (κ3) is 5.35. The van der Waals surface area contributed by atoms with Crippen molar-refractivity contribution in [3.63, 3.8) is 0 Å². The molecule has 1 saturated heterocycles. The van der Waals surface area contributed by atoms with Gasteiger partial charge in [0.1, 0.15) is 0 Å². The minimum atomic E-state index is -0.677. The van der Waals surface area contributed by atoms with Crippen LogP contribution < -0.4 is 0 Å². The highest BCUT2D eigenvalue weighted by molar-refractivity contribution is 5.67. The van der Waals surface area contributed by atoms with E-state index in [4.69, 9.17) is 5.11 Å². The number of carboxylic acid groups (broad SMARTS) is 1. The van der Waals surface area contributed by atoms with E-state index in [0.717, 1.165) is 26.1 Å². The summed E-state index contributed by atoms with van der Waals surface area (Å²) >= 11 is 0. The van der Waals surface area contributed by atoms with E-state index < -0.39 is 5.97 Å². The Hall–Kier alpha value is -1.61. The minimum absolute atomic E-state index is 0.267. The number of carboxylic acids is 1. The minimum Gasteiger partial charge on any atom is -0.481 e. The van der Waals surface area contributed by atoms with E-state index in [1.165, 1.54) is 12.0 Å². The summed E-state index contributed by atoms with van der Waals surface area (Å²) < 4.78 is 0. The van der Waals surface area contributed by atoms with Crippen molar-refractivity contribution in [2.75, 3.05) is 19.6 Å². The predicted octanol–water partition coefficient (Wildman–Crippen LogP) is 3.52. The maximum Gasteiger partial charge on any atom is 0.303 e. The molecule has 0 aliphatic carbocycles. The molecule has 2 atom stereocenters. The molecule has 1 fully saturated rings. The van der Waals surface area contributed by atoms with Crippen molar-refractivity contribution in [2.45, 2.75) is 26.2 Å². The van der Waals surface area contributed by atoms with Gasteiger partial charge in [-0.15, -0.1) is 0 Å². The monoisotopic (exact) mass is 287 g/mol. The molecule has 1 aromatic carbocycles. The van der Waals surface area contributed by atoms with Crippen LogP contribution in [0, 0.1) is 11.8 Å². The molecule has 3 nitrogen and oxygen atoms in total. The molecule has 0 radical (unpaired) electrons. The number of benzene rings is 1. The first-order valence-corrected chi connectivity index (χ1v) is 7.81. The molecule has 1 aromatic rings. The summed E-state index contributed by atoms with van der Waals surface area (Å²) in [5.74, 6) is 0.104. The van der Waals surface area contributed by atoms with Crippen LogP contribution in [0.2, 0.25) is 0 Å². The zero-order valence-electron chi connectivity index (χ0n) is 12.7. The highest BCUT2D eigenvalue weighted by atomic mass is 16.4. The van der Waals surface area contributed by atoms with Crippen molar-refractivity contribution in [1.82, 2.24) is 4.90 Å². The Morgan fingerprint density at radius 3 is 2.90 bits per heavy atom. The average molecular weight is 287 g/mol. The van der Waals surface area contributed by atoms with Gasteiger partial charge in [-0.1, -0.05) is 49.4 Å². The van der Waals surface area contributed by atoms with Crippen LogP contribution in [-0.2, 0) is 4.79 Å². The van der Waals surface area contributed by atoms with Crippen molar-refractivity contribution >= 4 is 12.0 Å². The van der Waals surface area contributed by atoms with E-state index in [9.17, 15) is 4.79 Å². The molecule has 114 valence electrons. The highest BCUT2D eigenvalue weighted by Gasteiger charge is 2.25. The Bertz CT molecular complexity index is 469. The largest absolute Gasteiger partial charge is 0.481 e. The maximum absolute atomic E-state index is 10.8. The van der Waals surface area contributed by atoms with Crippen molar-refractivity contribution < 1.29 is 9.90 Å². The van der Waals surface area contributed by atoms with Gasteiger partial charge < -0.3 is 5.11 Å². The SMILES string of the molecule is CC(CC(=O)O)C1CCCN(C/C=C/c2ccccc2)C1. The average Bonchev–Trinajstić information content (AvgIpc) is 2.48. The molecule has 2 unspecified atom stereocenters. The van der Waals surface area contributed by atoms with Crippen LogP contribution in [-0.4, -0.2) is 35.6 Å². The summed E-state index contributed by atoms with van der Waals surface area (Å²) in [5.41, 5.74) is 1.23. The van der Waals surface area contributed by atoms with E-state index in [0.29, 0.717) is 12.3 Å². The second-order valence-corrected chi connectivity index (χ2v) is 6.05. The lowest BCUT2D eigenvalue weighted by Gasteiger charge is -2.34. The number of carbonyl (C=O) groups is 1. The Labute approximate surface area is 127 Å². The summed E-state index contributed by atoms with van der Waals surface area (Å²) in [7, 11) is 0. The molecular formula is C18H25NO2. The van der Waals surface area contributed by atoms with Gasteiger partial charge in [0, 0.05) is 19.5 Å². The zero-order chi connectivity index (χ0) is 15.1. The number of piperidine rings is 1. The lowest BCUT2D eigenvalue weighted by Crippen LogP contribution is -2.38. The van der Waals surface area contributed by atoms with Crippen LogP contribution in [0.25, 0.3) is 6.08 Å². The number of hydrogen-bond donors (Lipinski definition) is 1. The van der Waals surface area contributed by atoms with Gasteiger partial charge in [0.05, 0.1) is 0 Å². The Balaban J connectivity index is 1.81. The molecule has 0 amide bonds. The number of likely N-dealkylation sites (tertiary alicyclic amines) is 1. The van der Waals surface area contributed by atoms with Crippen LogP contribution >= 0.6 is 0 Å². The molecule has 1 aliphatic heterocycles. The van der Waals surface area contributed by atoms with Crippen molar-refractivity contribution in [3.05, 3.63) is 42.0 Å². The third-order valence-corrected chi connectivity index (χ3v) is 4.32. The lowest BCUT2D eigenvalue weighted by atomic mass is 9.84. The standard InChI is InChI=1S/C18H25NO2/c1-15(13-18(20)21)17-10-6-12-19(14-17)11-5-9-16-7-3-2-4-8-16/h2-5,7-9,15,17H,6,10-14H2,1H3,(H,20,21)/b9-5+. The summed E-state index contributed by atoms with van der Waals surface area (Å²) in [6, 6.07) is 10.3. The summed E-state index contributed by atoms with van der Waals surface area (Å²) in [4.78, 5) is 13.3. The molecule has 1 N–H and O–H groups in total. The fourth-order valence-corrected chi connectivity index (χ4v) is 3.07. The maximum atomic E-state index is 10.8. The quantitative estimate of drug-likeness (QED) is 0.870. The van der Waals surface area contributed by atoms with E-state index in [1.807, 2.05) is 18.2 Å². The second-order valence-electron chi connectivity index (χ2n) is 6.05. The van der Waals surface area contributed by atoms with Gasteiger partial charge >= 0.3 is 5.97 Å². The Kier molecular flexibility index (Phi) is 6.00. The van der Waals surface area contributed by atoms with Crippen LogP contribution in [0.1, 0.15) is 31.7 Å². The van der Waals surface area contributed by atoms with Gasteiger partial charge in [-0.3, -0.25) is 9.69 Å². The topological polar surface area (TPSA) is 40.5 Å². The van der Waals surface area contributed by atoms with E-state index in [1.54, 1.807) is 0 Å². The van der Waals surface area contributed by atoms with E-state index in [2.05, 4.69) is 36.1 Å². The molecule has 0 aromatic heterocycles. The Morgan fingerprint density at radius 2 is 2.19 bits per heavy atom. The predicted molar refractivity (Wildman–Crippen MR) is 86.1 cm³/mol. The first kappa shape index (κ1) is 15.8. The molecule has 21 heavy (non-hydrogen) atoms. The number of hydrogen-bond acceptors (Lipinski definition) is 2. The normalized spacial score (nSPS) is 21.5. The van der Waals surface area contributed by atoms with Crippen molar-refractivity contribution in [3.8, 4) is 0 Å². The van der Waals surface area contributed by atoms with Crippen LogP contribution in [0.4, 0.5) is 0 Å². The van der Waals surface area contributed by atoms with Gasteiger partial charge in [0.2, 0.25) is 0 Å². The molecule has 3 heteroatoms.